The first-order valence-electron chi connectivity index (χ1n) is 9.53. The number of nitrogens with one attached hydrogen (secondary N) is 1. The van der Waals surface area contributed by atoms with Crippen molar-refractivity contribution in [1.82, 2.24) is 5.32 Å². The largest absolute Gasteiger partial charge is 0.444 e. The van der Waals surface area contributed by atoms with Gasteiger partial charge in [-0.1, -0.05) is 29.8 Å². The van der Waals surface area contributed by atoms with Crippen LogP contribution in [0.5, 0.6) is 0 Å². The summed E-state index contributed by atoms with van der Waals surface area (Å²) >= 11 is 6.59. The van der Waals surface area contributed by atoms with Gasteiger partial charge in [-0.3, -0.25) is 0 Å². The number of amides is 1. The van der Waals surface area contributed by atoms with Crippen LogP contribution in [-0.4, -0.2) is 31.9 Å². The molecular weight excluding hydrogens is 382 g/mol. The first kappa shape index (κ1) is 20.6. The smallest absolute Gasteiger partial charge is 0.408 e. The maximum Gasteiger partial charge on any atom is 0.408 e. The number of alkyl carbamates (subject to hydrolysis) is 1. The number of hydrogen-bond acceptors (Lipinski definition) is 4. The third kappa shape index (κ3) is 4.04. The molecule has 1 aromatic rings. The van der Waals surface area contributed by atoms with Gasteiger partial charge < -0.3 is 19.2 Å². The number of halogens is 1. The van der Waals surface area contributed by atoms with Crippen molar-refractivity contribution >= 4 is 26.0 Å². The molecule has 1 heterocycles. The number of hydrogen-bond donors (Lipinski definition) is 1. The fraction of sp³-hybridized carbons (Fsp3) is 0.650. The highest BCUT2D eigenvalue weighted by atomic mass is 35.5. The van der Waals surface area contributed by atoms with Gasteiger partial charge in [-0.25, -0.2) is 4.79 Å². The van der Waals surface area contributed by atoms with Crippen molar-refractivity contribution in [2.45, 2.75) is 82.7 Å². The molecular formula is C20H30ClNO4Si. The number of epoxide rings is 1. The molecule has 0 spiro atoms. The number of fused-ring (bicyclic) bond motifs is 1. The molecule has 2 aliphatic rings. The van der Waals surface area contributed by atoms with E-state index in [1.165, 1.54) is 0 Å². The van der Waals surface area contributed by atoms with Crippen LogP contribution in [0.2, 0.25) is 24.7 Å². The van der Waals surface area contributed by atoms with E-state index in [1.54, 1.807) is 0 Å². The van der Waals surface area contributed by atoms with Gasteiger partial charge in [-0.15, -0.1) is 0 Å². The predicted molar refractivity (Wildman–Crippen MR) is 108 cm³/mol. The summed E-state index contributed by atoms with van der Waals surface area (Å²) in [5.41, 5.74) is -0.661. The molecule has 5 nitrogen and oxygen atoms in total. The van der Waals surface area contributed by atoms with Gasteiger partial charge in [0.2, 0.25) is 5.79 Å². The lowest BCUT2D eigenvalue weighted by Gasteiger charge is -2.45. The van der Waals surface area contributed by atoms with Crippen LogP contribution in [0.3, 0.4) is 0 Å². The van der Waals surface area contributed by atoms with Crippen LogP contribution in [0.25, 0.3) is 0 Å². The molecule has 7 heteroatoms. The Morgan fingerprint density at radius 2 is 1.96 bits per heavy atom. The molecule has 1 amide bonds. The van der Waals surface area contributed by atoms with Gasteiger partial charge in [0, 0.05) is 10.6 Å². The lowest BCUT2D eigenvalue weighted by atomic mass is 9.74. The molecule has 0 aromatic heterocycles. The number of ether oxygens (including phenoxy) is 2. The maximum atomic E-state index is 12.8. The second kappa shape index (κ2) is 6.76. The average Bonchev–Trinajstić information content (AvgIpc) is 3.18. The van der Waals surface area contributed by atoms with Gasteiger partial charge in [0.1, 0.15) is 17.2 Å². The van der Waals surface area contributed by atoms with Crippen LogP contribution in [0.15, 0.2) is 24.3 Å². The van der Waals surface area contributed by atoms with Crippen molar-refractivity contribution in [3.63, 3.8) is 0 Å². The van der Waals surface area contributed by atoms with Gasteiger partial charge in [0.05, 0.1) is 0 Å². The number of carbonyl (C=O) groups excluding carboxylic acids is 1. The molecule has 1 aliphatic heterocycles. The summed E-state index contributed by atoms with van der Waals surface area (Å²) in [6, 6.07) is 7.59. The van der Waals surface area contributed by atoms with Crippen molar-refractivity contribution in [3.05, 3.63) is 34.9 Å². The van der Waals surface area contributed by atoms with E-state index in [0.717, 1.165) is 18.4 Å². The third-order valence-electron chi connectivity index (χ3n) is 4.80. The molecule has 150 valence electrons. The SMILES string of the molecule is CC(C)(C)OC(=O)N[C@@]1(c2ccccc2Cl)CCCC2OC21O[Si](C)(C)C. The van der Waals surface area contributed by atoms with E-state index in [1.807, 2.05) is 45.0 Å². The first-order chi connectivity index (χ1) is 12.4. The molecule has 27 heavy (non-hydrogen) atoms. The fourth-order valence-corrected chi connectivity index (χ4v) is 5.55. The van der Waals surface area contributed by atoms with Crippen molar-refractivity contribution in [2.24, 2.45) is 0 Å². The lowest BCUT2D eigenvalue weighted by Crippen LogP contribution is -2.62. The number of carbonyl (C=O) groups is 1. The van der Waals surface area contributed by atoms with Crippen molar-refractivity contribution in [2.75, 3.05) is 0 Å². The first-order valence-corrected chi connectivity index (χ1v) is 13.3. The topological polar surface area (TPSA) is 60.1 Å². The Labute approximate surface area is 167 Å². The summed E-state index contributed by atoms with van der Waals surface area (Å²) in [6.45, 7) is 11.9. The molecule has 1 N–H and O–H groups in total. The van der Waals surface area contributed by atoms with Crippen LogP contribution >= 0.6 is 11.6 Å². The average molecular weight is 412 g/mol. The minimum Gasteiger partial charge on any atom is -0.444 e. The van der Waals surface area contributed by atoms with E-state index in [9.17, 15) is 4.79 Å². The highest BCUT2D eigenvalue weighted by molar-refractivity contribution is 6.69. The molecule has 1 saturated carbocycles. The second-order valence-corrected chi connectivity index (χ2v) is 14.2. The molecule has 3 rings (SSSR count). The lowest BCUT2D eigenvalue weighted by molar-refractivity contribution is -0.0515. The summed E-state index contributed by atoms with van der Waals surface area (Å²) in [5, 5.41) is 3.71. The van der Waals surface area contributed by atoms with E-state index in [-0.39, 0.29) is 6.10 Å². The summed E-state index contributed by atoms with van der Waals surface area (Å²) < 4.78 is 18.3. The Kier molecular flexibility index (Phi) is 5.17. The van der Waals surface area contributed by atoms with Crippen LogP contribution in [0, 0.1) is 0 Å². The molecule has 1 saturated heterocycles. The van der Waals surface area contributed by atoms with E-state index < -0.39 is 31.3 Å². The Bertz CT molecular complexity index is 729. The molecule has 1 aliphatic carbocycles. The zero-order valence-corrected chi connectivity index (χ0v) is 18.8. The monoisotopic (exact) mass is 411 g/mol. The van der Waals surface area contributed by atoms with Crippen LogP contribution in [0.4, 0.5) is 4.79 Å². The van der Waals surface area contributed by atoms with E-state index in [4.69, 9.17) is 25.5 Å². The summed E-state index contributed by atoms with van der Waals surface area (Å²) in [6.07, 6.45) is 1.95. The quantitative estimate of drug-likeness (QED) is 0.547. The Morgan fingerprint density at radius 1 is 1.30 bits per heavy atom. The van der Waals surface area contributed by atoms with Gasteiger partial charge in [0.15, 0.2) is 8.32 Å². The van der Waals surface area contributed by atoms with Crippen molar-refractivity contribution in [3.8, 4) is 0 Å². The van der Waals surface area contributed by atoms with E-state index in [0.29, 0.717) is 11.4 Å². The van der Waals surface area contributed by atoms with Gasteiger partial charge in [-0.05, 0) is 65.7 Å². The standard InChI is InChI=1S/C20H30ClNO4Si/c1-18(2,3)25-17(23)22-19(14-10-7-8-11-15(14)21)13-9-12-16-20(19,24-16)26-27(4,5)6/h7-8,10-11,16H,9,12-13H2,1-6H3,(H,22,23)/t16?,19-,20?/m1/s1. The maximum absolute atomic E-state index is 12.8. The fourth-order valence-electron chi connectivity index (χ4n) is 3.98. The second-order valence-electron chi connectivity index (χ2n) is 9.39. The van der Waals surface area contributed by atoms with Crippen LogP contribution < -0.4 is 5.32 Å². The van der Waals surface area contributed by atoms with Crippen LogP contribution in [0.1, 0.15) is 45.6 Å². The molecule has 2 fully saturated rings. The zero-order valence-electron chi connectivity index (χ0n) is 17.0. The highest BCUT2D eigenvalue weighted by Crippen LogP contribution is 2.60. The van der Waals surface area contributed by atoms with E-state index >= 15 is 0 Å². The van der Waals surface area contributed by atoms with Gasteiger partial charge in [0.25, 0.3) is 0 Å². The van der Waals surface area contributed by atoms with E-state index in [2.05, 4.69) is 25.0 Å². The minimum absolute atomic E-state index is 0.0517. The van der Waals surface area contributed by atoms with Crippen molar-refractivity contribution in [1.29, 1.82) is 0 Å². The normalized spacial score (nSPS) is 30.4. The number of rotatable bonds is 4. The Hall–Kier alpha value is -1.08. The molecule has 0 radical (unpaired) electrons. The molecule has 1 aromatic carbocycles. The van der Waals surface area contributed by atoms with Crippen molar-refractivity contribution < 1.29 is 18.7 Å². The number of benzene rings is 1. The zero-order chi connectivity index (χ0) is 20.1. The molecule has 3 atom stereocenters. The Morgan fingerprint density at radius 3 is 2.56 bits per heavy atom. The molecule has 0 bridgehead atoms. The minimum atomic E-state index is -1.97. The summed E-state index contributed by atoms with van der Waals surface area (Å²) in [4.78, 5) is 12.8. The Balaban J connectivity index is 2.07. The third-order valence-corrected chi connectivity index (χ3v) is 6.05. The predicted octanol–water partition coefficient (Wildman–Crippen LogP) is 5.19. The molecule has 2 unspecified atom stereocenters. The van der Waals surface area contributed by atoms with Crippen LogP contribution in [-0.2, 0) is 19.4 Å². The van der Waals surface area contributed by atoms with Gasteiger partial charge in [-0.2, -0.15) is 0 Å². The highest BCUT2D eigenvalue weighted by Gasteiger charge is 2.74. The summed E-state index contributed by atoms with van der Waals surface area (Å²) in [7, 11) is -1.97. The summed E-state index contributed by atoms with van der Waals surface area (Å²) in [5.74, 6) is -0.891. The van der Waals surface area contributed by atoms with Gasteiger partial charge >= 0.3 is 6.09 Å².